The van der Waals surface area contributed by atoms with Gasteiger partial charge in [-0.15, -0.1) is 0 Å². The fourth-order valence-electron chi connectivity index (χ4n) is 0.576. The first-order chi connectivity index (χ1) is 8.82. The Bertz CT molecular complexity index is 379. The van der Waals surface area contributed by atoms with E-state index in [2.05, 4.69) is 5.73 Å². The summed E-state index contributed by atoms with van der Waals surface area (Å²) >= 11 is 0. The van der Waals surface area contributed by atoms with Crippen molar-refractivity contribution >= 4 is 23.9 Å². The number of hydrogen-bond acceptors (Lipinski definition) is 10. The minimum Gasteiger partial charge on any atom is -0.481 e. The number of carboxylic acids is 4. The zero-order valence-electron chi connectivity index (χ0n) is 11.1. The van der Waals surface area contributed by atoms with Crippen molar-refractivity contribution in [2.75, 3.05) is 0 Å². The molecule has 3 unspecified atom stereocenters. The van der Waals surface area contributed by atoms with Crippen molar-refractivity contribution in [2.24, 2.45) is 5.73 Å². The van der Waals surface area contributed by atoms with Crippen LogP contribution in [0.25, 0.3) is 0 Å². The van der Waals surface area contributed by atoms with Crippen LogP contribution in [0.1, 0.15) is 6.42 Å². The van der Waals surface area contributed by atoms with Crippen molar-refractivity contribution in [3.05, 3.63) is 0 Å². The van der Waals surface area contributed by atoms with E-state index in [1.165, 1.54) is 0 Å². The van der Waals surface area contributed by atoms with Crippen molar-refractivity contribution in [1.82, 2.24) is 12.3 Å². The molecule has 0 heterocycles. The Hall–Kier alpha value is -2.36. The molecule has 0 amide bonds. The molecule has 0 saturated carbocycles. The van der Waals surface area contributed by atoms with Gasteiger partial charge in [0.15, 0.2) is 12.2 Å². The molecular formula is C8H19N3O11. The van der Waals surface area contributed by atoms with Gasteiger partial charge in [0.05, 0.1) is 6.42 Å². The molecule has 132 valence electrons. The third-order valence-electron chi connectivity index (χ3n) is 1.60. The summed E-state index contributed by atoms with van der Waals surface area (Å²) in [6.45, 7) is 0. The summed E-state index contributed by atoms with van der Waals surface area (Å²) in [6, 6.07) is 0. The maximum Gasteiger partial charge on any atom is 0.351 e. The predicted octanol–water partition coefficient (Wildman–Crippen LogP) is -3.61. The van der Waals surface area contributed by atoms with Gasteiger partial charge in [-0.05, 0) is 0 Å². The molecule has 0 rings (SSSR count). The monoisotopic (exact) mass is 333 g/mol. The molecule has 0 saturated heterocycles. The predicted molar refractivity (Wildman–Crippen MR) is 66.4 cm³/mol. The van der Waals surface area contributed by atoms with Crippen molar-refractivity contribution in [3.63, 3.8) is 0 Å². The van der Waals surface area contributed by atoms with Gasteiger partial charge in [0, 0.05) is 0 Å². The number of aliphatic carboxylic acids is 4. The molecule has 0 aromatic heterocycles. The van der Waals surface area contributed by atoms with Gasteiger partial charge < -0.3 is 48.0 Å². The third kappa shape index (κ3) is 11.5. The van der Waals surface area contributed by atoms with Crippen molar-refractivity contribution in [2.45, 2.75) is 24.4 Å². The van der Waals surface area contributed by atoms with Crippen LogP contribution in [-0.4, -0.2) is 77.6 Å². The van der Waals surface area contributed by atoms with Crippen molar-refractivity contribution in [3.8, 4) is 0 Å². The second-order valence-corrected chi connectivity index (χ2v) is 3.37. The Morgan fingerprint density at radius 2 is 1.14 bits per heavy atom. The van der Waals surface area contributed by atoms with Crippen LogP contribution in [-0.2, 0) is 19.2 Å². The molecule has 0 aromatic carbocycles. The quantitative estimate of drug-likeness (QED) is 0.210. The lowest BCUT2D eigenvalue weighted by Gasteiger charge is -2.13. The van der Waals surface area contributed by atoms with E-state index in [4.69, 9.17) is 35.7 Å². The molecular weight excluding hydrogens is 314 g/mol. The molecule has 14 heteroatoms. The SMILES string of the molecule is N.N.NC(O)(CC(=O)O)C(=O)O.O=C(O)C(O)C(O)C(=O)O. The van der Waals surface area contributed by atoms with E-state index in [1.807, 2.05) is 0 Å². The van der Waals surface area contributed by atoms with Crippen LogP contribution in [0.3, 0.4) is 0 Å². The molecule has 0 aliphatic heterocycles. The first kappa shape index (κ1) is 27.9. The van der Waals surface area contributed by atoms with E-state index in [0.29, 0.717) is 0 Å². The summed E-state index contributed by atoms with van der Waals surface area (Å²) in [7, 11) is 0. The summed E-state index contributed by atoms with van der Waals surface area (Å²) in [6.07, 6.45) is -5.54. The molecule has 0 aromatic rings. The van der Waals surface area contributed by atoms with Crippen LogP contribution >= 0.6 is 0 Å². The summed E-state index contributed by atoms with van der Waals surface area (Å²) < 4.78 is 0. The summed E-state index contributed by atoms with van der Waals surface area (Å²) in [4.78, 5) is 39.3. The minimum absolute atomic E-state index is 0. The lowest BCUT2D eigenvalue weighted by molar-refractivity contribution is -0.165. The van der Waals surface area contributed by atoms with Gasteiger partial charge in [0.25, 0.3) is 0 Å². The van der Waals surface area contributed by atoms with Gasteiger partial charge in [0.2, 0.25) is 5.72 Å². The highest BCUT2D eigenvalue weighted by Gasteiger charge is 2.33. The highest BCUT2D eigenvalue weighted by atomic mass is 16.4. The van der Waals surface area contributed by atoms with Gasteiger partial charge >= 0.3 is 23.9 Å². The van der Waals surface area contributed by atoms with E-state index in [9.17, 15) is 19.2 Å². The van der Waals surface area contributed by atoms with Gasteiger partial charge in [-0.1, -0.05) is 0 Å². The van der Waals surface area contributed by atoms with Crippen LogP contribution in [0, 0.1) is 0 Å². The zero-order valence-corrected chi connectivity index (χ0v) is 11.1. The maximum atomic E-state index is 9.92. The number of aliphatic hydroxyl groups excluding tert-OH is 2. The van der Waals surface area contributed by atoms with Gasteiger partial charge in [-0.25, -0.2) is 14.4 Å². The lowest BCUT2D eigenvalue weighted by atomic mass is 10.2. The van der Waals surface area contributed by atoms with Crippen LogP contribution in [0.2, 0.25) is 0 Å². The number of aliphatic hydroxyl groups is 3. The first-order valence-electron chi connectivity index (χ1n) is 4.61. The lowest BCUT2D eigenvalue weighted by Crippen LogP contribution is -2.49. The third-order valence-corrected chi connectivity index (χ3v) is 1.60. The van der Waals surface area contributed by atoms with Gasteiger partial charge in [0.1, 0.15) is 0 Å². The van der Waals surface area contributed by atoms with Crippen molar-refractivity contribution < 1.29 is 54.9 Å². The van der Waals surface area contributed by atoms with Crippen LogP contribution < -0.4 is 18.0 Å². The van der Waals surface area contributed by atoms with Crippen LogP contribution in [0.15, 0.2) is 0 Å². The smallest absolute Gasteiger partial charge is 0.351 e. The molecule has 14 nitrogen and oxygen atoms in total. The maximum absolute atomic E-state index is 9.92. The fourth-order valence-corrected chi connectivity index (χ4v) is 0.576. The summed E-state index contributed by atoms with van der Waals surface area (Å²) in [5.74, 6) is -6.76. The van der Waals surface area contributed by atoms with E-state index in [1.54, 1.807) is 0 Å². The Morgan fingerprint density at radius 3 is 1.23 bits per heavy atom. The second-order valence-electron chi connectivity index (χ2n) is 3.37. The summed E-state index contributed by atoms with van der Waals surface area (Å²) in [5.41, 5.74) is 1.97. The minimum atomic E-state index is -2.66. The average molecular weight is 333 g/mol. The molecule has 0 radical (unpaired) electrons. The molecule has 3 atom stereocenters. The molecule has 22 heavy (non-hydrogen) atoms. The standard InChI is InChI=1S/C4H7NO5.C4H6O6.2H3N/c5-4(10,3(8)9)1-2(6)7;5-1(3(7)8)2(6)4(9)10;;/h10H,1,5H2,(H,6,7)(H,8,9);1-2,5-6H,(H,7,8)(H,9,10);2*1H3. The molecule has 15 N–H and O–H groups in total. The Morgan fingerprint density at radius 1 is 0.864 bits per heavy atom. The molecule has 0 spiro atoms. The second kappa shape index (κ2) is 11.3. The number of rotatable bonds is 6. The number of nitrogens with two attached hydrogens (primary N) is 1. The highest BCUT2D eigenvalue weighted by Crippen LogP contribution is 2.00. The summed E-state index contributed by atoms with van der Waals surface area (Å²) in [5, 5.41) is 57.1. The Balaban J connectivity index is -0.000000135. The Kier molecular flexibility index (Phi) is 14.3. The van der Waals surface area contributed by atoms with E-state index >= 15 is 0 Å². The largest absolute Gasteiger partial charge is 0.481 e. The number of carboxylic acid groups (broad SMARTS) is 4. The molecule has 0 fully saturated rings. The molecule has 0 aliphatic carbocycles. The van der Waals surface area contributed by atoms with Gasteiger partial charge in [-0.2, -0.15) is 0 Å². The highest BCUT2D eigenvalue weighted by molar-refractivity contribution is 5.83. The molecule has 0 aliphatic rings. The van der Waals surface area contributed by atoms with E-state index in [-0.39, 0.29) is 12.3 Å². The first-order valence-corrected chi connectivity index (χ1v) is 4.61. The van der Waals surface area contributed by atoms with Gasteiger partial charge in [-0.3, -0.25) is 10.5 Å². The number of carbonyl (C=O) groups is 4. The van der Waals surface area contributed by atoms with Crippen molar-refractivity contribution in [1.29, 1.82) is 0 Å². The van der Waals surface area contributed by atoms with E-state index in [0.717, 1.165) is 0 Å². The fraction of sp³-hybridized carbons (Fsp3) is 0.500. The van der Waals surface area contributed by atoms with E-state index < -0.39 is 48.2 Å². The zero-order chi connectivity index (χ0) is 16.7. The average Bonchev–Trinajstić information content (AvgIpc) is 2.25. The normalized spacial score (nSPS) is 14.4. The van der Waals surface area contributed by atoms with Crippen LogP contribution in [0.4, 0.5) is 0 Å². The molecule has 0 bridgehead atoms. The Labute approximate surface area is 122 Å². The topological polar surface area (TPSA) is 306 Å². The number of hydrogen-bond donors (Lipinski definition) is 10. The van der Waals surface area contributed by atoms with Crippen LogP contribution in [0.5, 0.6) is 0 Å².